The van der Waals surface area contributed by atoms with E-state index in [0.29, 0.717) is 6.42 Å². The Kier molecular flexibility index (Phi) is 5.95. The molecule has 0 N–H and O–H groups in total. The second-order valence-corrected chi connectivity index (χ2v) is 6.67. The number of carbonyl (C=O) groups excluding carboxylic acids is 1. The largest absolute Gasteiger partial charge is 0.306 e. The molecule has 0 fully saturated rings. The first-order chi connectivity index (χ1) is 9.66. The molecule has 2 nitrogen and oxygen atoms in total. The van der Waals surface area contributed by atoms with Gasteiger partial charge in [-0.05, 0) is 31.0 Å². The highest BCUT2D eigenvalue weighted by molar-refractivity contribution is 9.10. The standard InChI is InChI=1S/C16H18BrNOS/c1-18(10-8-13-5-4-12-20-13)11-9-16(19)14-6-2-3-7-15(14)17/h2-7,12H,8-11H2,1H3. The van der Waals surface area contributed by atoms with Crippen LogP contribution in [0.4, 0.5) is 0 Å². The molecule has 0 atom stereocenters. The van der Waals surface area contributed by atoms with Gasteiger partial charge in [0.2, 0.25) is 0 Å². The van der Waals surface area contributed by atoms with Crippen molar-refractivity contribution < 1.29 is 4.79 Å². The second-order valence-electron chi connectivity index (χ2n) is 4.79. The van der Waals surface area contributed by atoms with Crippen LogP contribution in [-0.4, -0.2) is 30.8 Å². The third kappa shape index (κ3) is 4.54. The number of halogens is 1. The molecule has 0 bridgehead atoms. The van der Waals surface area contributed by atoms with Gasteiger partial charge in [-0.3, -0.25) is 4.79 Å². The maximum Gasteiger partial charge on any atom is 0.165 e. The molecule has 1 aromatic heterocycles. The monoisotopic (exact) mass is 351 g/mol. The number of rotatable bonds is 7. The highest BCUT2D eigenvalue weighted by Crippen LogP contribution is 2.17. The molecule has 0 radical (unpaired) electrons. The van der Waals surface area contributed by atoms with Crippen LogP contribution >= 0.6 is 27.3 Å². The van der Waals surface area contributed by atoms with Gasteiger partial charge in [0.05, 0.1) is 0 Å². The number of carbonyl (C=O) groups is 1. The molecule has 0 unspecified atom stereocenters. The van der Waals surface area contributed by atoms with E-state index in [1.165, 1.54) is 4.88 Å². The minimum atomic E-state index is 0.195. The molecule has 0 aliphatic carbocycles. The first-order valence-corrected chi connectivity index (χ1v) is 8.33. The van der Waals surface area contributed by atoms with Gasteiger partial charge in [0.1, 0.15) is 0 Å². The molecule has 20 heavy (non-hydrogen) atoms. The van der Waals surface area contributed by atoms with Gasteiger partial charge in [0.25, 0.3) is 0 Å². The van der Waals surface area contributed by atoms with Crippen molar-refractivity contribution in [3.63, 3.8) is 0 Å². The van der Waals surface area contributed by atoms with Gasteiger partial charge in [-0.1, -0.05) is 40.2 Å². The smallest absolute Gasteiger partial charge is 0.165 e. The van der Waals surface area contributed by atoms with E-state index in [2.05, 4.69) is 45.4 Å². The molecule has 0 saturated heterocycles. The van der Waals surface area contributed by atoms with Crippen LogP contribution in [0.5, 0.6) is 0 Å². The Balaban J connectivity index is 1.77. The van der Waals surface area contributed by atoms with Crippen molar-refractivity contribution in [1.82, 2.24) is 4.90 Å². The Morgan fingerprint density at radius 1 is 1.20 bits per heavy atom. The fourth-order valence-electron chi connectivity index (χ4n) is 1.98. The molecular weight excluding hydrogens is 334 g/mol. The molecular formula is C16H18BrNOS. The Labute approximate surface area is 132 Å². The topological polar surface area (TPSA) is 20.3 Å². The molecule has 1 heterocycles. The van der Waals surface area contributed by atoms with Crippen molar-refractivity contribution in [1.29, 1.82) is 0 Å². The fourth-order valence-corrected chi connectivity index (χ4v) is 3.19. The number of hydrogen-bond acceptors (Lipinski definition) is 3. The summed E-state index contributed by atoms with van der Waals surface area (Å²) in [5.74, 6) is 0.195. The summed E-state index contributed by atoms with van der Waals surface area (Å²) in [6, 6.07) is 11.8. The van der Waals surface area contributed by atoms with Crippen molar-refractivity contribution in [3.8, 4) is 0 Å². The zero-order valence-corrected chi connectivity index (χ0v) is 13.9. The number of ketones is 1. The number of hydrogen-bond donors (Lipinski definition) is 0. The lowest BCUT2D eigenvalue weighted by Crippen LogP contribution is -2.24. The number of thiophene rings is 1. The highest BCUT2D eigenvalue weighted by atomic mass is 79.9. The van der Waals surface area contributed by atoms with Crippen molar-refractivity contribution in [3.05, 3.63) is 56.7 Å². The van der Waals surface area contributed by atoms with Crippen molar-refractivity contribution in [2.75, 3.05) is 20.1 Å². The van der Waals surface area contributed by atoms with Crippen LogP contribution in [0.25, 0.3) is 0 Å². The quantitative estimate of drug-likeness (QED) is 0.694. The highest BCUT2D eigenvalue weighted by Gasteiger charge is 2.10. The van der Waals surface area contributed by atoms with Gasteiger partial charge >= 0.3 is 0 Å². The summed E-state index contributed by atoms with van der Waals surface area (Å²) in [4.78, 5) is 15.8. The first kappa shape index (κ1) is 15.4. The van der Waals surface area contributed by atoms with Gasteiger partial charge < -0.3 is 4.90 Å². The number of Topliss-reactive ketones (excluding diaryl/α,β-unsaturated/α-hetero) is 1. The normalized spacial score (nSPS) is 10.9. The van der Waals surface area contributed by atoms with E-state index in [0.717, 1.165) is 29.5 Å². The lowest BCUT2D eigenvalue weighted by Gasteiger charge is -2.15. The van der Waals surface area contributed by atoms with Gasteiger partial charge in [-0.25, -0.2) is 0 Å². The summed E-state index contributed by atoms with van der Waals surface area (Å²) >= 11 is 5.22. The zero-order chi connectivity index (χ0) is 14.4. The fraction of sp³-hybridized carbons (Fsp3) is 0.312. The third-order valence-corrected chi connectivity index (χ3v) is 4.84. The van der Waals surface area contributed by atoms with Gasteiger partial charge in [0, 0.05) is 34.4 Å². The number of benzene rings is 1. The van der Waals surface area contributed by atoms with Crippen LogP contribution in [0.3, 0.4) is 0 Å². The van der Waals surface area contributed by atoms with E-state index in [4.69, 9.17) is 0 Å². The van der Waals surface area contributed by atoms with Crippen molar-refractivity contribution in [2.45, 2.75) is 12.8 Å². The molecule has 0 spiro atoms. The van der Waals surface area contributed by atoms with E-state index in [-0.39, 0.29) is 5.78 Å². The Hall–Kier alpha value is -0.970. The SMILES string of the molecule is CN(CCC(=O)c1ccccc1Br)CCc1cccs1. The molecule has 0 saturated carbocycles. The predicted molar refractivity (Wildman–Crippen MR) is 88.6 cm³/mol. The zero-order valence-electron chi connectivity index (χ0n) is 11.5. The second kappa shape index (κ2) is 7.72. The van der Waals surface area contributed by atoms with Gasteiger partial charge in [-0.15, -0.1) is 11.3 Å². The molecule has 0 amide bonds. The molecule has 2 rings (SSSR count). The molecule has 1 aromatic carbocycles. The summed E-state index contributed by atoms with van der Waals surface area (Å²) in [6.07, 6.45) is 1.61. The van der Waals surface area contributed by atoms with Crippen LogP contribution in [0.15, 0.2) is 46.3 Å². The Morgan fingerprint density at radius 3 is 2.70 bits per heavy atom. The Morgan fingerprint density at radius 2 is 2.00 bits per heavy atom. The molecule has 0 aliphatic heterocycles. The van der Waals surface area contributed by atoms with Crippen LogP contribution in [0.1, 0.15) is 21.7 Å². The van der Waals surface area contributed by atoms with Crippen molar-refractivity contribution in [2.24, 2.45) is 0 Å². The Bertz CT molecular complexity index is 553. The molecule has 2 aromatic rings. The van der Waals surface area contributed by atoms with E-state index >= 15 is 0 Å². The summed E-state index contributed by atoms with van der Waals surface area (Å²) < 4.78 is 0.881. The lowest BCUT2D eigenvalue weighted by molar-refractivity contribution is 0.0968. The number of likely N-dealkylation sites (N-methyl/N-ethyl adjacent to an activating group) is 1. The van der Waals surface area contributed by atoms with Crippen LogP contribution in [-0.2, 0) is 6.42 Å². The summed E-state index contributed by atoms with van der Waals surface area (Å²) in [5, 5.41) is 2.10. The minimum Gasteiger partial charge on any atom is -0.306 e. The third-order valence-electron chi connectivity index (χ3n) is 3.21. The van der Waals surface area contributed by atoms with Crippen LogP contribution in [0, 0.1) is 0 Å². The van der Waals surface area contributed by atoms with Crippen molar-refractivity contribution >= 4 is 33.0 Å². The van der Waals surface area contributed by atoms with E-state index in [1.54, 1.807) is 11.3 Å². The predicted octanol–water partition coefficient (Wildman–Crippen LogP) is 4.26. The minimum absolute atomic E-state index is 0.195. The molecule has 106 valence electrons. The maximum absolute atomic E-state index is 12.1. The van der Waals surface area contributed by atoms with E-state index < -0.39 is 0 Å². The van der Waals surface area contributed by atoms with Crippen LogP contribution in [0.2, 0.25) is 0 Å². The maximum atomic E-state index is 12.1. The van der Waals surface area contributed by atoms with Gasteiger partial charge in [0.15, 0.2) is 5.78 Å². The summed E-state index contributed by atoms with van der Waals surface area (Å²) in [5.41, 5.74) is 0.777. The number of nitrogens with zero attached hydrogens (tertiary/aromatic N) is 1. The lowest BCUT2D eigenvalue weighted by atomic mass is 10.1. The summed E-state index contributed by atoms with van der Waals surface area (Å²) in [6.45, 7) is 1.79. The first-order valence-electron chi connectivity index (χ1n) is 6.65. The average molecular weight is 352 g/mol. The average Bonchev–Trinajstić information content (AvgIpc) is 2.96. The molecule has 4 heteroatoms. The van der Waals surface area contributed by atoms with E-state index in [1.807, 2.05) is 24.3 Å². The van der Waals surface area contributed by atoms with E-state index in [9.17, 15) is 4.79 Å². The summed E-state index contributed by atoms with van der Waals surface area (Å²) in [7, 11) is 2.07. The molecule has 0 aliphatic rings. The van der Waals surface area contributed by atoms with Crippen LogP contribution < -0.4 is 0 Å². The van der Waals surface area contributed by atoms with Gasteiger partial charge in [-0.2, -0.15) is 0 Å².